The molecule has 2 aromatic rings. The summed E-state index contributed by atoms with van der Waals surface area (Å²) in [5, 5.41) is 9.49. The number of carbonyl (C=O) groups excluding carboxylic acids is 1. The maximum absolute atomic E-state index is 15.1. The number of carbonyl (C=O) groups is 1. The van der Waals surface area contributed by atoms with Crippen molar-refractivity contribution in [2.24, 2.45) is 5.41 Å². The third kappa shape index (κ3) is 6.58. The van der Waals surface area contributed by atoms with Gasteiger partial charge in [-0.2, -0.15) is 15.2 Å². The number of piperazine rings is 1. The van der Waals surface area contributed by atoms with Crippen molar-refractivity contribution in [1.82, 2.24) is 19.8 Å². The highest BCUT2D eigenvalue weighted by atomic mass is 19.1. The van der Waals surface area contributed by atoms with Crippen LogP contribution in [0.4, 0.5) is 20.3 Å². The van der Waals surface area contributed by atoms with E-state index in [1.165, 1.54) is 11.0 Å². The minimum absolute atomic E-state index is 0.0412. The number of ether oxygens (including phenoxy) is 2. The second-order valence-electron chi connectivity index (χ2n) is 12.1. The van der Waals surface area contributed by atoms with Gasteiger partial charge < -0.3 is 29.1 Å². The number of fused-ring (bicyclic) bond motifs is 1. The summed E-state index contributed by atoms with van der Waals surface area (Å²) in [6.07, 6.45) is 1.46. The lowest BCUT2D eigenvalue weighted by Gasteiger charge is -2.42. The third-order valence-electron chi connectivity index (χ3n) is 8.33. The van der Waals surface area contributed by atoms with Crippen molar-refractivity contribution in [2.75, 3.05) is 76.4 Å². The van der Waals surface area contributed by atoms with Crippen LogP contribution in [-0.4, -0.2) is 98.4 Å². The molecule has 5 rings (SSSR count). The van der Waals surface area contributed by atoms with Crippen molar-refractivity contribution in [3.05, 3.63) is 53.2 Å². The maximum Gasteiger partial charge on any atom is 0.318 e. The summed E-state index contributed by atoms with van der Waals surface area (Å²) in [5.74, 6) is -1.44. The Morgan fingerprint density at radius 3 is 2.70 bits per heavy atom. The zero-order valence-electron chi connectivity index (χ0n) is 25.1. The van der Waals surface area contributed by atoms with E-state index in [1.54, 1.807) is 6.07 Å². The molecule has 1 atom stereocenters. The third-order valence-corrected chi connectivity index (χ3v) is 8.33. The Morgan fingerprint density at radius 1 is 1.26 bits per heavy atom. The van der Waals surface area contributed by atoms with Crippen molar-refractivity contribution in [3.8, 4) is 12.1 Å². The first kappa shape index (κ1) is 30.6. The number of amides is 1. The average Bonchev–Trinajstić information content (AvgIpc) is 3.16. The Balaban J connectivity index is 1.50. The SMILES string of the molecule is C=C(F)C(=O)N1CCN(c2nc(OCC3(CN(C)C)COC3)nc3c2CCCN(c2c(C)cccc2F)C3)C[C@@H]1CC#N. The number of nitriles is 1. The van der Waals surface area contributed by atoms with Crippen LogP contribution < -0.4 is 14.5 Å². The Morgan fingerprint density at radius 2 is 2.05 bits per heavy atom. The molecule has 0 bridgehead atoms. The molecule has 1 aromatic carbocycles. The zero-order chi connectivity index (χ0) is 30.7. The van der Waals surface area contributed by atoms with Crippen LogP contribution in [0.2, 0.25) is 0 Å². The van der Waals surface area contributed by atoms with Gasteiger partial charge >= 0.3 is 6.01 Å². The van der Waals surface area contributed by atoms with Crippen molar-refractivity contribution < 1.29 is 23.0 Å². The summed E-state index contributed by atoms with van der Waals surface area (Å²) < 4.78 is 40.7. The van der Waals surface area contributed by atoms with Gasteiger partial charge in [-0.05, 0) is 45.5 Å². The summed E-state index contributed by atoms with van der Waals surface area (Å²) in [4.78, 5) is 29.8. The monoisotopic (exact) mass is 595 g/mol. The Hall–Kier alpha value is -3.82. The predicted octanol–water partition coefficient (Wildman–Crippen LogP) is 3.25. The second-order valence-corrected chi connectivity index (χ2v) is 12.1. The van der Waals surface area contributed by atoms with E-state index in [-0.39, 0.29) is 30.2 Å². The highest BCUT2D eigenvalue weighted by molar-refractivity contribution is 5.91. The molecule has 0 saturated carbocycles. The molecule has 10 nitrogen and oxygen atoms in total. The van der Waals surface area contributed by atoms with E-state index in [4.69, 9.17) is 19.4 Å². The predicted molar refractivity (Wildman–Crippen MR) is 158 cm³/mol. The van der Waals surface area contributed by atoms with Crippen LogP contribution in [0.1, 0.15) is 29.7 Å². The number of para-hydroxylation sites is 1. The Labute approximate surface area is 251 Å². The largest absolute Gasteiger partial charge is 0.463 e. The van der Waals surface area contributed by atoms with Gasteiger partial charge in [-0.1, -0.05) is 18.7 Å². The summed E-state index contributed by atoms with van der Waals surface area (Å²) in [6.45, 7) is 9.28. The number of aryl methyl sites for hydroxylation is 1. The minimum Gasteiger partial charge on any atom is -0.463 e. The van der Waals surface area contributed by atoms with Gasteiger partial charge in [0, 0.05) is 38.3 Å². The van der Waals surface area contributed by atoms with Crippen LogP contribution in [-0.2, 0) is 22.5 Å². The van der Waals surface area contributed by atoms with Gasteiger partial charge in [-0.3, -0.25) is 4.79 Å². The molecule has 0 aliphatic carbocycles. The standard InChI is InChI=1S/C31H39F2N7O3/c1-21-7-5-9-25(33)27(21)38-12-6-8-24-26(16-38)35-30(43-20-31(17-37(3)4)18-42-19-31)36-28(24)39-13-14-40(29(41)22(2)32)23(15-39)10-11-34/h5,7,9,23H,2,6,8,10,12-20H2,1,3-4H3/t23-/m0/s1. The number of benzene rings is 1. The number of aromatic nitrogens is 2. The van der Waals surface area contributed by atoms with Gasteiger partial charge in [0.05, 0.1) is 55.1 Å². The van der Waals surface area contributed by atoms with Gasteiger partial charge in [0.15, 0.2) is 5.83 Å². The molecule has 3 aliphatic rings. The van der Waals surface area contributed by atoms with Gasteiger partial charge in [-0.25, -0.2) is 8.78 Å². The van der Waals surface area contributed by atoms with E-state index in [0.717, 1.165) is 29.8 Å². The van der Waals surface area contributed by atoms with E-state index in [2.05, 4.69) is 17.5 Å². The van der Waals surface area contributed by atoms with Crippen molar-refractivity contribution in [3.63, 3.8) is 0 Å². The van der Waals surface area contributed by atoms with Crippen LogP contribution in [0.15, 0.2) is 30.6 Å². The molecule has 2 saturated heterocycles. The molecule has 1 aromatic heterocycles. The van der Waals surface area contributed by atoms with Crippen LogP contribution in [0.3, 0.4) is 0 Å². The van der Waals surface area contributed by atoms with E-state index in [9.17, 15) is 14.4 Å². The Kier molecular flexibility index (Phi) is 9.13. The molecule has 0 radical (unpaired) electrons. The highest BCUT2D eigenvalue weighted by Crippen LogP contribution is 2.35. The molecular formula is C31H39F2N7O3. The molecule has 1 amide bonds. The van der Waals surface area contributed by atoms with Crippen LogP contribution in [0, 0.1) is 29.5 Å². The smallest absolute Gasteiger partial charge is 0.318 e. The number of nitrogens with zero attached hydrogens (tertiary/aromatic N) is 7. The topological polar surface area (TPSA) is 98.1 Å². The molecule has 3 aliphatic heterocycles. The van der Waals surface area contributed by atoms with Gasteiger partial charge in [0.2, 0.25) is 0 Å². The van der Waals surface area contributed by atoms with Crippen molar-refractivity contribution in [1.29, 1.82) is 5.26 Å². The molecule has 0 unspecified atom stereocenters. The van der Waals surface area contributed by atoms with E-state index in [1.807, 2.05) is 36.9 Å². The molecular weight excluding hydrogens is 556 g/mol. The lowest BCUT2D eigenvalue weighted by atomic mass is 9.86. The van der Waals surface area contributed by atoms with Gasteiger partial charge in [0.25, 0.3) is 5.91 Å². The first-order chi connectivity index (χ1) is 20.6. The van der Waals surface area contributed by atoms with Gasteiger partial charge in [-0.15, -0.1) is 0 Å². The minimum atomic E-state index is -1.04. The van der Waals surface area contributed by atoms with E-state index in [0.29, 0.717) is 63.9 Å². The molecule has 43 heavy (non-hydrogen) atoms. The zero-order valence-corrected chi connectivity index (χ0v) is 25.1. The van der Waals surface area contributed by atoms with E-state index < -0.39 is 17.8 Å². The fraction of sp³-hybridized carbons (Fsp3) is 0.548. The number of halogens is 2. The number of anilines is 2. The average molecular weight is 596 g/mol. The van der Waals surface area contributed by atoms with Crippen LogP contribution in [0.5, 0.6) is 6.01 Å². The highest BCUT2D eigenvalue weighted by Gasteiger charge is 2.41. The lowest BCUT2D eigenvalue weighted by molar-refractivity contribution is -0.140. The fourth-order valence-electron chi connectivity index (χ4n) is 6.38. The van der Waals surface area contributed by atoms with Crippen molar-refractivity contribution >= 4 is 17.4 Å². The number of rotatable bonds is 9. The van der Waals surface area contributed by atoms with Crippen LogP contribution >= 0.6 is 0 Å². The second kappa shape index (κ2) is 12.8. The molecule has 4 heterocycles. The molecule has 0 N–H and O–H groups in total. The fourth-order valence-corrected chi connectivity index (χ4v) is 6.38. The molecule has 12 heteroatoms. The quantitative estimate of drug-likeness (QED) is 0.405. The molecule has 0 spiro atoms. The lowest BCUT2D eigenvalue weighted by Crippen LogP contribution is -2.55. The maximum atomic E-state index is 15.1. The summed E-state index contributed by atoms with van der Waals surface area (Å²) in [5.41, 5.74) is 2.92. The van der Waals surface area contributed by atoms with Crippen LogP contribution in [0.25, 0.3) is 0 Å². The first-order valence-corrected chi connectivity index (χ1v) is 14.6. The molecule has 2 fully saturated rings. The van der Waals surface area contributed by atoms with Crippen molar-refractivity contribution in [2.45, 2.75) is 38.8 Å². The molecule has 230 valence electrons. The van der Waals surface area contributed by atoms with E-state index >= 15 is 4.39 Å². The summed E-state index contributed by atoms with van der Waals surface area (Å²) in [6, 6.07) is 6.90. The number of hydrogen-bond acceptors (Lipinski definition) is 9. The van der Waals surface area contributed by atoms with Gasteiger partial charge in [0.1, 0.15) is 18.2 Å². The summed E-state index contributed by atoms with van der Waals surface area (Å²) >= 11 is 0. The normalized spacial score (nSPS) is 19.7. The first-order valence-electron chi connectivity index (χ1n) is 14.6. The Bertz CT molecular complexity index is 1390. The summed E-state index contributed by atoms with van der Waals surface area (Å²) in [7, 11) is 4.02. The number of hydrogen-bond donors (Lipinski definition) is 0.